The first-order valence-electron chi connectivity index (χ1n) is 11.8. The predicted molar refractivity (Wildman–Crippen MR) is 126 cm³/mol. The molecule has 3 aromatic rings. The zero-order valence-electron chi connectivity index (χ0n) is 18.8. The minimum atomic E-state index is -0.319. The van der Waals surface area contributed by atoms with Crippen LogP contribution < -0.4 is 4.90 Å². The third kappa shape index (κ3) is 3.93. The molecule has 4 heterocycles. The summed E-state index contributed by atoms with van der Waals surface area (Å²) in [4.78, 5) is 8.74. The molecule has 174 valence electrons. The Labute approximate surface area is 202 Å². The molecular formula is C25H25ClFN7. The van der Waals surface area contributed by atoms with E-state index in [1.165, 1.54) is 12.3 Å². The van der Waals surface area contributed by atoms with E-state index in [0.717, 1.165) is 80.6 Å². The van der Waals surface area contributed by atoms with Gasteiger partial charge >= 0.3 is 0 Å². The van der Waals surface area contributed by atoms with Gasteiger partial charge in [0.2, 0.25) is 0 Å². The molecule has 7 nitrogen and oxygen atoms in total. The summed E-state index contributed by atoms with van der Waals surface area (Å²) in [7, 11) is 0. The molecular weight excluding hydrogens is 453 g/mol. The van der Waals surface area contributed by atoms with Crippen molar-refractivity contribution in [2.45, 2.75) is 44.7 Å². The van der Waals surface area contributed by atoms with Gasteiger partial charge in [0, 0.05) is 37.1 Å². The number of rotatable bonds is 4. The summed E-state index contributed by atoms with van der Waals surface area (Å²) in [6.07, 6.45) is 5.03. The van der Waals surface area contributed by atoms with Crippen LogP contribution in [0.15, 0.2) is 36.5 Å². The van der Waals surface area contributed by atoms with Crippen molar-refractivity contribution < 1.29 is 4.39 Å². The molecule has 0 atom stereocenters. The molecule has 0 radical (unpaired) electrons. The highest BCUT2D eigenvalue weighted by Gasteiger charge is 2.45. The Morgan fingerprint density at radius 3 is 2.65 bits per heavy atom. The number of nitrogens with zero attached hydrogens (tertiary/aromatic N) is 7. The predicted octanol–water partition coefficient (Wildman–Crippen LogP) is 4.46. The van der Waals surface area contributed by atoms with Gasteiger partial charge in [-0.05, 0) is 61.6 Å². The fourth-order valence-electron chi connectivity index (χ4n) is 5.27. The second kappa shape index (κ2) is 8.33. The lowest BCUT2D eigenvalue weighted by atomic mass is 9.95. The third-order valence-corrected chi connectivity index (χ3v) is 7.54. The van der Waals surface area contributed by atoms with Gasteiger partial charge in [0.15, 0.2) is 5.82 Å². The number of hydrogen-bond donors (Lipinski definition) is 0. The fourth-order valence-corrected chi connectivity index (χ4v) is 5.47. The Kier molecular flexibility index (Phi) is 5.27. The molecule has 1 saturated carbocycles. The quantitative estimate of drug-likeness (QED) is 0.552. The largest absolute Gasteiger partial charge is 0.357 e. The number of hydrogen-bond acceptors (Lipinski definition) is 6. The zero-order chi connectivity index (χ0) is 23.3. The Morgan fingerprint density at radius 2 is 1.94 bits per heavy atom. The lowest BCUT2D eigenvalue weighted by Gasteiger charge is -2.32. The fraction of sp³-hybridized carbons (Fsp3) is 0.440. The van der Waals surface area contributed by atoms with Crippen LogP contribution in [0.5, 0.6) is 0 Å². The van der Waals surface area contributed by atoms with E-state index in [-0.39, 0.29) is 17.2 Å². The Bertz CT molecular complexity index is 1250. The average molecular weight is 478 g/mol. The van der Waals surface area contributed by atoms with E-state index in [9.17, 15) is 9.65 Å². The smallest absolute Gasteiger partial charge is 0.151 e. The van der Waals surface area contributed by atoms with E-state index in [0.29, 0.717) is 11.6 Å². The van der Waals surface area contributed by atoms with Crippen LogP contribution in [0.4, 0.5) is 10.2 Å². The summed E-state index contributed by atoms with van der Waals surface area (Å²) in [5.41, 5.74) is 1.98. The van der Waals surface area contributed by atoms with E-state index in [1.807, 2.05) is 12.1 Å². The number of fused-ring (bicyclic) bond motifs is 3. The maximum atomic E-state index is 13.3. The molecule has 2 aliphatic heterocycles. The highest BCUT2D eigenvalue weighted by Crippen LogP contribution is 2.46. The van der Waals surface area contributed by atoms with Crippen molar-refractivity contribution in [3.63, 3.8) is 0 Å². The SMILES string of the molecule is N#CC1(CN2Cc3cc(Cl)ccc3-n3c(nnc3C3CCN(c4ccc(F)cn4)CC3)C2)CC1. The van der Waals surface area contributed by atoms with Crippen molar-refractivity contribution >= 4 is 17.4 Å². The van der Waals surface area contributed by atoms with Gasteiger partial charge < -0.3 is 4.90 Å². The topological polar surface area (TPSA) is 73.9 Å². The molecule has 2 aromatic heterocycles. The van der Waals surface area contributed by atoms with Crippen LogP contribution in [0, 0.1) is 22.6 Å². The highest BCUT2D eigenvalue weighted by molar-refractivity contribution is 6.30. The number of pyridine rings is 1. The summed E-state index contributed by atoms with van der Waals surface area (Å²) >= 11 is 6.38. The van der Waals surface area contributed by atoms with Crippen LogP contribution in [0.2, 0.25) is 5.02 Å². The lowest BCUT2D eigenvalue weighted by Crippen LogP contribution is -2.34. The number of aromatic nitrogens is 4. The number of nitriles is 1. The minimum absolute atomic E-state index is 0.224. The molecule has 34 heavy (non-hydrogen) atoms. The van der Waals surface area contributed by atoms with Gasteiger partial charge in [0.1, 0.15) is 17.5 Å². The first-order chi connectivity index (χ1) is 16.5. The molecule has 9 heteroatoms. The molecule has 6 rings (SSSR count). The van der Waals surface area contributed by atoms with Gasteiger partial charge in [-0.1, -0.05) is 11.6 Å². The first-order valence-corrected chi connectivity index (χ1v) is 12.1. The van der Waals surface area contributed by atoms with Crippen LogP contribution in [-0.4, -0.2) is 44.3 Å². The van der Waals surface area contributed by atoms with Gasteiger partial charge in [-0.25, -0.2) is 9.37 Å². The van der Waals surface area contributed by atoms with E-state index in [2.05, 4.69) is 41.7 Å². The van der Waals surface area contributed by atoms with Gasteiger partial charge in [-0.3, -0.25) is 9.47 Å². The van der Waals surface area contributed by atoms with Gasteiger partial charge in [-0.15, -0.1) is 10.2 Å². The van der Waals surface area contributed by atoms with Crippen molar-refractivity contribution in [1.29, 1.82) is 5.26 Å². The summed E-state index contributed by atoms with van der Waals surface area (Å²) < 4.78 is 15.5. The molecule has 0 unspecified atom stereocenters. The number of halogens is 2. The number of benzene rings is 1. The van der Waals surface area contributed by atoms with Gasteiger partial charge in [0.05, 0.1) is 29.9 Å². The molecule has 3 aliphatic rings. The van der Waals surface area contributed by atoms with Crippen molar-refractivity contribution in [3.8, 4) is 11.8 Å². The van der Waals surface area contributed by atoms with Crippen molar-refractivity contribution in [2.24, 2.45) is 5.41 Å². The van der Waals surface area contributed by atoms with E-state index in [4.69, 9.17) is 11.6 Å². The lowest BCUT2D eigenvalue weighted by molar-refractivity contribution is 0.223. The summed E-state index contributed by atoms with van der Waals surface area (Å²) in [6, 6.07) is 11.7. The van der Waals surface area contributed by atoms with Crippen LogP contribution in [-0.2, 0) is 13.1 Å². The Hall–Kier alpha value is -3.02. The van der Waals surface area contributed by atoms with Crippen LogP contribution in [0.1, 0.15) is 48.8 Å². The number of piperidine rings is 1. The second-order valence-corrected chi connectivity index (χ2v) is 10.2. The molecule has 0 amide bonds. The maximum Gasteiger partial charge on any atom is 0.151 e. The molecule has 1 aromatic carbocycles. The summed E-state index contributed by atoms with van der Waals surface area (Å²) in [6.45, 7) is 3.78. The van der Waals surface area contributed by atoms with Crippen LogP contribution in [0.3, 0.4) is 0 Å². The second-order valence-electron chi connectivity index (χ2n) is 9.72. The van der Waals surface area contributed by atoms with Gasteiger partial charge in [0.25, 0.3) is 0 Å². The summed E-state index contributed by atoms with van der Waals surface area (Å²) in [5.74, 6) is 2.64. The van der Waals surface area contributed by atoms with E-state index in [1.54, 1.807) is 6.07 Å². The maximum absolute atomic E-state index is 13.3. The zero-order valence-corrected chi connectivity index (χ0v) is 19.5. The van der Waals surface area contributed by atoms with E-state index < -0.39 is 0 Å². The standard InChI is InChI=1S/C25H25ClFN7/c26-19-1-3-21-18(11-19)13-32(16-25(15-28)7-8-25)14-23-30-31-24(34(21)23)17-5-9-33(10-6-17)22-4-2-20(27)12-29-22/h1-4,11-12,17H,5-10,13-14,16H2. The normalized spacial score (nSPS) is 19.7. The molecule has 2 fully saturated rings. The van der Waals surface area contributed by atoms with Crippen molar-refractivity contribution in [1.82, 2.24) is 24.6 Å². The molecule has 0 N–H and O–H groups in total. The van der Waals surface area contributed by atoms with Crippen molar-refractivity contribution in [2.75, 3.05) is 24.5 Å². The molecule has 1 aliphatic carbocycles. The average Bonchev–Trinajstić information content (AvgIpc) is 3.54. The van der Waals surface area contributed by atoms with E-state index >= 15 is 0 Å². The highest BCUT2D eigenvalue weighted by atomic mass is 35.5. The van der Waals surface area contributed by atoms with Crippen LogP contribution in [0.25, 0.3) is 5.69 Å². The third-order valence-electron chi connectivity index (χ3n) is 7.31. The summed E-state index contributed by atoms with van der Waals surface area (Å²) in [5, 5.41) is 19.6. The Morgan fingerprint density at radius 1 is 1.12 bits per heavy atom. The molecule has 0 bridgehead atoms. The molecule has 0 spiro atoms. The first kappa shape index (κ1) is 21.5. The Balaban J connectivity index is 1.28. The van der Waals surface area contributed by atoms with Crippen LogP contribution >= 0.6 is 11.6 Å². The number of anilines is 1. The molecule has 1 saturated heterocycles. The monoisotopic (exact) mass is 477 g/mol. The van der Waals surface area contributed by atoms with Gasteiger partial charge in [-0.2, -0.15) is 5.26 Å². The minimum Gasteiger partial charge on any atom is -0.357 e. The van der Waals surface area contributed by atoms with Crippen molar-refractivity contribution in [3.05, 3.63) is 64.6 Å².